The molecule has 0 radical (unpaired) electrons. The molecule has 0 bridgehead atoms. The molecule has 1 heterocycles. The number of hydrogen-bond acceptors (Lipinski definition) is 3. The van der Waals surface area contributed by atoms with Crippen molar-refractivity contribution in [1.82, 2.24) is 14.9 Å². The van der Waals surface area contributed by atoms with E-state index in [0.717, 1.165) is 61.3 Å². The predicted octanol–water partition coefficient (Wildman–Crippen LogP) is 5.61. The zero-order chi connectivity index (χ0) is 22.9. The largest absolute Gasteiger partial charge is 0.493 e. The lowest BCUT2D eigenvalue weighted by Crippen LogP contribution is -2.32. The first-order valence-electron chi connectivity index (χ1n) is 12.0. The summed E-state index contributed by atoms with van der Waals surface area (Å²) in [5, 5.41) is 3.10. The van der Waals surface area contributed by atoms with Gasteiger partial charge in [-0.3, -0.25) is 4.79 Å². The van der Waals surface area contributed by atoms with Crippen LogP contribution in [-0.2, 0) is 17.8 Å². The van der Waals surface area contributed by atoms with E-state index < -0.39 is 0 Å². The van der Waals surface area contributed by atoms with Gasteiger partial charge in [-0.1, -0.05) is 38.1 Å². The number of imidazole rings is 1. The Morgan fingerprint density at radius 3 is 2.62 bits per heavy atom. The van der Waals surface area contributed by atoms with Gasteiger partial charge in [-0.05, 0) is 68.9 Å². The molecule has 1 N–H and O–H groups in total. The van der Waals surface area contributed by atoms with Gasteiger partial charge in [0.25, 0.3) is 0 Å². The molecule has 32 heavy (non-hydrogen) atoms. The van der Waals surface area contributed by atoms with Crippen LogP contribution in [0.5, 0.6) is 5.75 Å². The van der Waals surface area contributed by atoms with Crippen molar-refractivity contribution in [2.24, 2.45) is 5.92 Å². The van der Waals surface area contributed by atoms with E-state index in [0.29, 0.717) is 13.2 Å². The number of fused-ring (bicyclic) bond motifs is 1. The Bertz CT molecular complexity index is 1020. The number of carbonyl (C=O) groups excluding carboxylic acids is 1. The van der Waals surface area contributed by atoms with Crippen LogP contribution in [0.25, 0.3) is 11.0 Å². The van der Waals surface area contributed by atoms with Crippen molar-refractivity contribution in [3.05, 3.63) is 59.4 Å². The molecule has 0 aliphatic carbocycles. The van der Waals surface area contributed by atoms with E-state index in [1.165, 1.54) is 11.1 Å². The first-order chi connectivity index (χ1) is 15.5. The van der Waals surface area contributed by atoms with Crippen molar-refractivity contribution in [2.45, 2.75) is 66.3 Å². The third-order valence-corrected chi connectivity index (χ3v) is 6.33. The number of rotatable bonds is 12. The molecule has 0 unspecified atom stereocenters. The molecule has 0 aliphatic heterocycles. The summed E-state index contributed by atoms with van der Waals surface area (Å²) in [6.45, 7) is 10.6. The molecule has 0 saturated carbocycles. The minimum atomic E-state index is 0.103. The van der Waals surface area contributed by atoms with Crippen molar-refractivity contribution in [3.63, 3.8) is 0 Å². The fraction of sp³-hybridized carbons (Fsp3) is 0.481. The predicted molar refractivity (Wildman–Crippen MR) is 131 cm³/mol. The number of carbonyl (C=O) groups is 1. The van der Waals surface area contributed by atoms with E-state index in [1.54, 1.807) is 0 Å². The Morgan fingerprint density at radius 2 is 1.84 bits per heavy atom. The zero-order valence-corrected chi connectivity index (χ0v) is 20.0. The molecule has 0 spiro atoms. The smallest absolute Gasteiger partial charge is 0.223 e. The number of aryl methyl sites for hydroxylation is 2. The third-order valence-electron chi connectivity index (χ3n) is 6.33. The highest BCUT2D eigenvalue weighted by atomic mass is 16.5. The van der Waals surface area contributed by atoms with Crippen LogP contribution in [0.4, 0.5) is 0 Å². The highest BCUT2D eigenvalue weighted by Gasteiger charge is 2.15. The SMILES string of the molecule is CCC(CC)C(=O)NCCc1nc2ccccc2n1CCCCOc1cccc(C)c1C. The Labute approximate surface area is 192 Å². The number of nitrogens with one attached hydrogen (secondary N) is 1. The number of amides is 1. The van der Waals surface area contributed by atoms with Crippen LogP contribution in [0.15, 0.2) is 42.5 Å². The summed E-state index contributed by atoms with van der Waals surface area (Å²) in [5.41, 5.74) is 4.64. The van der Waals surface area contributed by atoms with Crippen LogP contribution in [0.2, 0.25) is 0 Å². The minimum absolute atomic E-state index is 0.103. The molecule has 5 heteroatoms. The van der Waals surface area contributed by atoms with Crippen LogP contribution >= 0.6 is 0 Å². The molecule has 1 aromatic heterocycles. The van der Waals surface area contributed by atoms with Gasteiger partial charge in [-0.2, -0.15) is 0 Å². The molecule has 0 saturated heterocycles. The van der Waals surface area contributed by atoms with Crippen LogP contribution in [0.1, 0.15) is 56.5 Å². The average molecular weight is 436 g/mol. The number of hydrogen-bond donors (Lipinski definition) is 1. The summed E-state index contributed by atoms with van der Waals surface area (Å²) in [7, 11) is 0. The average Bonchev–Trinajstić information content (AvgIpc) is 3.14. The number of para-hydroxylation sites is 2. The summed E-state index contributed by atoms with van der Waals surface area (Å²) in [6, 6.07) is 14.5. The molecule has 172 valence electrons. The van der Waals surface area contributed by atoms with Crippen LogP contribution < -0.4 is 10.1 Å². The van der Waals surface area contributed by atoms with Gasteiger partial charge < -0.3 is 14.6 Å². The summed E-state index contributed by atoms with van der Waals surface area (Å²) >= 11 is 0. The minimum Gasteiger partial charge on any atom is -0.493 e. The number of nitrogens with zero attached hydrogens (tertiary/aromatic N) is 2. The maximum Gasteiger partial charge on any atom is 0.223 e. The van der Waals surface area contributed by atoms with Crippen molar-refractivity contribution in [3.8, 4) is 5.75 Å². The second-order valence-electron chi connectivity index (χ2n) is 8.48. The van der Waals surface area contributed by atoms with Gasteiger partial charge in [0.05, 0.1) is 17.6 Å². The lowest BCUT2D eigenvalue weighted by atomic mass is 10.0. The molecule has 3 aromatic rings. The number of unbranched alkanes of at least 4 members (excludes halogenated alkanes) is 1. The van der Waals surface area contributed by atoms with Gasteiger partial charge in [0.2, 0.25) is 5.91 Å². The summed E-state index contributed by atoms with van der Waals surface area (Å²) in [5.74, 6) is 2.27. The molecule has 3 rings (SSSR count). The highest BCUT2D eigenvalue weighted by Crippen LogP contribution is 2.21. The number of ether oxygens (including phenoxy) is 1. The Kier molecular flexibility index (Phi) is 8.72. The van der Waals surface area contributed by atoms with E-state index in [4.69, 9.17) is 9.72 Å². The maximum absolute atomic E-state index is 12.3. The summed E-state index contributed by atoms with van der Waals surface area (Å²) < 4.78 is 8.32. The monoisotopic (exact) mass is 435 g/mol. The van der Waals surface area contributed by atoms with E-state index >= 15 is 0 Å². The van der Waals surface area contributed by atoms with Crippen molar-refractivity contribution in [1.29, 1.82) is 0 Å². The van der Waals surface area contributed by atoms with Gasteiger partial charge in [0.1, 0.15) is 11.6 Å². The van der Waals surface area contributed by atoms with Crippen molar-refractivity contribution >= 4 is 16.9 Å². The molecule has 2 aromatic carbocycles. The Balaban J connectivity index is 1.56. The molecule has 5 nitrogen and oxygen atoms in total. The van der Waals surface area contributed by atoms with E-state index in [1.807, 2.05) is 18.2 Å². The summed E-state index contributed by atoms with van der Waals surface area (Å²) in [6.07, 6.45) is 4.48. The standard InChI is InChI=1S/C27H37N3O2/c1-5-22(6-2)27(31)28-17-16-26-29-23-13-7-8-14-24(23)30(26)18-9-10-19-32-25-15-11-12-20(3)21(25)4/h7-8,11-15,22H,5-6,9-10,16-19H2,1-4H3,(H,28,31). The van der Waals surface area contributed by atoms with Crippen LogP contribution in [0, 0.1) is 19.8 Å². The van der Waals surface area contributed by atoms with Gasteiger partial charge in [-0.25, -0.2) is 4.98 Å². The molecule has 0 atom stereocenters. The van der Waals surface area contributed by atoms with E-state index in [2.05, 4.69) is 61.8 Å². The Hall–Kier alpha value is -2.82. The quantitative estimate of drug-likeness (QED) is 0.376. The lowest BCUT2D eigenvalue weighted by molar-refractivity contribution is -0.125. The fourth-order valence-electron chi connectivity index (χ4n) is 4.10. The second-order valence-corrected chi connectivity index (χ2v) is 8.48. The maximum atomic E-state index is 12.3. The van der Waals surface area contributed by atoms with Crippen molar-refractivity contribution < 1.29 is 9.53 Å². The second kappa shape index (κ2) is 11.7. The van der Waals surface area contributed by atoms with Crippen molar-refractivity contribution in [2.75, 3.05) is 13.2 Å². The third kappa shape index (κ3) is 5.90. The molecular formula is C27H37N3O2. The number of benzene rings is 2. The van der Waals surface area contributed by atoms with E-state index in [-0.39, 0.29) is 11.8 Å². The zero-order valence-electron chi connectivity index (χ0n) is 20.0. The molecule has 0 aliphatic rings. The molecular weight excluding hydrogens is 398 g/mol. The highest BCUT2D eigenvalue weighted by molar-refractivity contribution is 5.78. The van der Waals surface area contributed by atoms with Gasteiger partial charge in [-0.15, -0.1) is 0 Å². The normalized spacial score (nSPS) is 11.3. The van der Waals surface area contributed by atoms with Gasteiger partial charge >= 0.3 is 0 Å². The van der Waals surface area contributed by atoms with E-state index in [9.17, 15) is 4.79 Å². The van der Waals surface area contributed by atoms with Crippen LogP contribution in [0.3, 0.4) is 0 Å². The van der Waals surface area contributed by atoms with Gasteiger partial charge in [0, 0.05) is 25.4 Å². The fourth-order valence-corrected chi connectivity index (χ4v) is 4.10. The summed E-state index contributed by atoms with van der Waals surface area (Å²) in [4.78, 5) is 17.1. The van der Waals surface area contributed by atoms with Crippen LogP contribution in [-0.4, -0.2) is 28.6 Å². The topological polar surface area (TPSA) is 56.2 Å². The first-order valence-corrected chi connectivity index (χ1v) is 12.0. The lowest BCUT2D eigenvalue weighted by Gasteiger charge is -2.14. The first kappa shape index (κ1) is 23.8. The van der Waals surface area contributed by atoms with Gasteiger partial charge in [0.15, 0.2) is 0 Å². The Morgan fingerprint density at radius 1 is 1.06 bits per heavy atom. The number of aromatic nitrogens is 2. The molecule has 0 fully saturated rings. The molecule has 1 amide bonds.